The van der Waals surface area contributed by atoms with Crippen molar-refractivity contribution in [1.29, 1.82) is 0 Å². The maximum absolute atomic E-state index is 8.80. The van der Waals surface area contributed by atoms with Gasteiger partial charge in [-0.25, -0.2) is 0 Å². The van der Waals surface area contributed by atoms with Crippen LogP contribution in [0.5, 0.6) is 5.75 Å². The Labute approximate surface area is 137 Å². The van der Waals surface area contributed by atoms with Gasteiger partial charge in [0.25, 0.3) is 0 Å². The summed E-state index contributed by atoms with van der Waals surface area (Å²) in [7, 11) is 1.74. The summed E-state index contributed by atoms with van der Waals surface area (Å²) in [5, 5.41) is 4.06. The van der Waals surface area contributed by atoms with Crippen molar-refractivity contribution in [3.8, 4) is 5.75 Å². The van der Waals surface area contributed by atoms with E-state index in [1.54, 1.807) is 12.7 Å². The van der Waals surface area contributed by atoms with Crippen LogP contribution in [0.2, 0.25) is 0 Å². The third-order valence-corrected chi connectivity index (χ3v) is 6.89. The molecule has 0 aliphatic heterocycles. The van der Waals surface area contributed by atoms with Crippen LogP contribution in [-0.2, 0) is 6.42 Å². The average Bonchev–Trinajstić information content (AvgIpc) is 2.90. The van der Waals surface area contributed by atoms with E-state index in [9.17, 15) is 0 Å². The van der Waals surface area contributed by atoms with Crippen molar-refractivity contribution in [2.45, 2.75) is 57.4 Å². The van der Waals surface area contributed by atoms with Crippen LogP contribution >= 0.6 is 0 Å². The smallest absolute Gasteiger partial charge is 0.119 e. The molecule has 0 bridgehead atoms. The molecule has 0 amide bonds. The van der Waals surface area contributed by atoms with Gasteiger partial charge in [-0.05, 0) is 90.5 Å². The van der Waals surface area contributed by atoms with Gasteiger partial charge in [-0.1, -0.05) is 18.1 Å². The molecule has 0 heterocycles. The topological polar surface area (TPSA) is 58.0 Å². The molecule has 2 fully saturated rings. The fourth-order valence-electron chi connectivity index (χ4n) is 5.87. The Morgan fingerprint density at radius 1 is 1.35 bits per heavy atom. The van der Waals surface area contributed by atoms with E-state index in [0.717, 1.165) is 30.9 Å². The molecule has 0 radical (unpaired) electrons. The van der Waals surface area contributed by atoms with Crippen molar-refractivity contribution in [3.63, 3.8) is 0 Å². The first-order chi connectivity index (χ1) is 11.1. The Balaban J connectivity index is 1.65. The van der Waals surface area contributed by atoms with Gasteiger partial charge >= 0.3 is 0 Å². The predicted molar refractivity (Wildman–Crippen MR) is 90.5 cm³/mol. The van der Waals surface area contributed by atoms with Crippen LogP contribution in [0.15, 0.2) is 23.3 Å². The summed E-state index contributed by atoms with van der Waals surface area (Å²) in [5.74, 6) is 3.14. The van der Waals surface area contributed by atoms with Gasteiger partial charge in [-0.2, -0.15) is 0 Å². The Hall–Kier alpha value is -1.67. The molecule has 4 nitrogen and oxygen atoms in total. The normalized spacial score (nSPS) is 38.0. The first kappa shape index (κ1) is 14.9. The lowest BCUT2D eigenvalue weighted by Crippen LogP contribution is -2.39. The number of methoxy groups -OCH3 is 1. The number of rotatable bonds is 2. The van der Waals surface area contributed by atoms with Crippen molar-refractivity contribution in [3.05, 3.63) is 39.8 Å². The van der Waals surface area contributed by atoms with Crippen LogP contribution in [0.4, 0.5) is 0 Å². The van der Waals surface area contributed by atoms with Crippen LogP contribution in [0.25, 0.3) is 10.4 Å². The Morgan fingerprint density at radius 2 is 2.22 bits per heavy atom. The van der Waals surface area contributed by atoms with Gasteiger partial charge in [0.05, 0.1) is 7.11 Å². The largest absolute Gasteiger partial charge is 0.497 e. The zero-order valence-corrected chi connectivity index (χ0v) is 14.0. The molecule has 5 atom stereocenters. The molecule has 23 heavy (non-hydrogen) atoms. The highest BCUT2D eigenvalue weighted by Gasteiger charge is 2.52. The van der Waals surface area contributed by atoms with Crippen molar-refractivity contribution >= 4 is 0 Å². The molecule has 4 heteroatoms. The zero-order chi connectivity index (χ0) is 16.0. The summed E-state index contributed by atoms with van der Waals surface area (Å²) < 4.78 is 5.40. The minimum atomic E-state index is 0.214. The molecule has 1 aromatic carbocycles. The standard InChI is InChI=1S/C19H25N3O/c1-19-8-7-16-15-6-4-14(23-2)9-12(15)3-5-17(16)18(19)10-13(11-19)21-22-20/h4,6,9,13,16-18H,3,5,7-8,10-11H2,1-2H3/t13-,16-,17-,18+,19-/m1/s1. The molecule has 0 spiro atoms. The Bertz CT molecular complexity index is 667. The first-order valence-electron chi connectivity index (χ1n) is 8.85. The van der Waals surface area contributed by atoms with Crippen LogP contribution in [0.3, 0.4) is 0 Å². The molecule has 0 saturated heterocycles. The third-order valence-electron chi connectivity index (χ3n) is 6.89. The number of nitrogens with zero attached hydrogens (tertiary/aromatic N) is 3. The monoisotopic (exact) mass is 311 g/mol. The van der Waals surface area contributed by atoms with Gasteiger partial charge in [0.15, 0.2) is 0 Å². The second-order valence-corrected chi connectivity index (χ2v) is 7.97. The highest BCUT2D eigenvalue weighted by Crippen LogP contribution is 2.61. The molecule has 3 aliphatic rings. The van der Waals surface area contributed by atoms with Crippen molar-refractivity contribution in [1.82, 2.24) is 0 Å². The van der Waals surface area contributed by atoms with Crippen LogP contribution < -0.4 is 4.74 Å². The minimum absolute atomic E-state index is 0.214. The quantitative estimate of drug-likeness (QED) is 0.419. The molecule has 1 aromatic rings. The number of azide groups is 1. The average molecular weight is 311 g/mol. The number of ether oxygens (including phenoxy) is 1. The van der Waals surface area contributed by atoms with Gasteiger partial charge < -0.3 is 4.74 Å². The van der Waals surface area contributed by atoms with Crippen LogP contribution in [0, 0.1) is 17.3 Å². The summed E-state index contributed by atoms with van der Waals surface area (Å²) in [6.07, 6.45) is 7.15. The Kier molecular flexibility index (Phi) is 3.53. The fourth-order valence-corrected chi connectivity index (χ4v) is 5.87. The van der Waals surface area contributed by atoms with Crippen molar-refractivity contribution in [2.24, 2.45) is 22.4 Å². The minimum Gasteiger partial charge on any atom is -0.497 e. The van der Waals surface area contributed by atoms with Crippen molar-refractivity contribution < 1.29 is 4.74 Å². The lowest BCUT2D eigenvalue weighted by atomic mass is 9.56. The van der Waals surface area contributed by atoms with E-state index >= 15 is 0 Å². The van der Waals surface area contributed by atoms with E-state index in [0.29, 0.717) is 17.3 Å². The van der Waals surface area contributed by atoms with Gasteiger partial charge in [0.2, 0.25) is 0 Å². The van der Waals surface area contributed by atoms with E-state index in [2.05, 4.69) is 35.1 Å². The number of fused-ring (bicyclic) bond motifs is 5. The molecule has 0 aromatic heterocycles. The fraction of sp³-hybridized carbons (Fsp3) is 0.684. The number of hydrogen-bond donors (Lipinski definition) is 0. The second-order valence-electron chi connectivity index (χ2n) is 7.97. The first-order valence-corrected chi connectivity index (χ1v) is 8.85. The third kappa shape index (κ3) is 2.31. The second kappa shape index (κ2) is 5.45. The van der Waals surface area contributed by atoms with E-state index in [-0.39, 0.29) is 6.04 Å². The Morgan fingerprint density at radius 3 is 3.00 bits per heavy atom. The van der Waals surface area contributed by atoms with Gasteiger partial charge in [0, 0.05) is 11.0 Å². The summed E-state index contributed by atoms with van der Waals surface area (Å²) in [6.45, 7) is 2.43. The molecule has 4 rings (SSSR count). The maximum Gasteiger partial charge on any atom is 0.119 e. The van der Waals surface area contributed by atoms with E-state index in [4.69, 9.17) is 10.3 Å². The van der Waals surface area contributed by atoms with Gasteiger partial charge in [-0.3, -0.25) is 0 Å². The molecule has 0 unspecified atom stereocenters. The lowest BCUT2D eigenvalue weighted by Gasteiger charge is -2.49. The number of hydrogen-bond acceptors (Lipinski definition) is 2. The van der Waals surface area contributed by atoms with Gasteiger partial charge in [0.1, 0.15) is 5.75 Å². The number of aryl methyl sites for hydroxylation is 1. The summed E-state index contributed by atoms with van der Waals surface area (Å²) in [4.78, 5) is 3.08. The van der Waals surface area contributed by atoms with Gasteiger partial charge in [-0.15, -0.1) is 0 Å². The van der Waals surface area contributed by atoms with Crippen LogP contribution in [0.1, 0.15) is 56.1 Å². The predicted octanol–water partition coefficient (Wildman–Crippen LogP) is 5.23. The van der Waals surface area contributed by atoms with Crippen molar-refractivity contribution in [2.75, 3.05) is 7.11 Å². The zero-order valence-electron chi connectivity index (χ0n) is 14.0. The highest BCUT2D eigenvalue weighted by molar-refractivity contribution is 5.40. The maximum atomic E-state index is 8.80. The van der Waals surface area contributed by atoms with Crippen LogP contribution in [-0.4, -0.2) is 13.2 Å². The SMILES string of the molecule is COc1ccc2c(c1)CC[C@@H]1[C@@H]2CC[C@]2(C)C[C@H](N=[N+]=[N-])C[C@@H]12. The number of benzene rings is 1. The molecule has 2 saturated carbocycles. The van der Waals surface area contributed by atoms with E-state index in [1.165, 1.54) is 24.8 Å². The molecule has 3 aliphatic carbocycles. The highest BCUT2D eigenvalue weighted by atomic mass is 16.5. The molecular formula is C19H25N3O. The summed E-state index contributed by atoms with van der Waals surface area (Å²) in [6, 6.07) is 6.86. The molecular weight excluding hydrogens is 286 g/mol. The lowest BCUT2D eigenvalue weighted by molar-refractivity contribution is 0.0598. The van der Waals surface area contributed by atoms with E-state index < -0.39 is 0 Å². The van der Waals surface area contributed by atoms with E-state index in [1.807, 2.05) is 0 Å². The summed E-state index contributed by atoms with van der Waals surface area (Å²) >= 11 is 0. The molecule has 0 N–H and O–H groups in total. The molecule has 122 valence electrons. The summed E-state index contributed by atoms with van der Waals surface area (Å²) in [5.41, 5.74) is 12.2.